The van der Waals surface area contributed by atoms with E-state index in [0.29, 0.717) is 24.3 Å². The lowest BCUT2D eigenvalue weighted by Crippen LogP contribution is -2.29. The summed E-state index contributed by atoms with van der Waals surface area (Å²) in [5, 5.41) is 8.71. The fraction of sp³-hybridized carbons (Fsp3) is 0.333. The Hall–Kier alpha value is -2.30. The molecule has 1 aromatic rings. The number of hydrogen-bond acceptors (Lipinski definition) is 3. The van der Waals surface area contributed by atoms with Gasteiger partial charge in [-0.2, -0.15) is 0 Å². The van der Waals surface area contributed by atoms with Crippen LogP contribution in [0, 0.1) is 6.92 Å². The minimum absolute atomic E-state index is 0.0428. The molecule has 1 unspecified atom stereocenters. The average Bonchev–Trinajstić information content (AvgIpc) is 2.71. The normalized spacial score (nSPS) is 18.8. The van der Waals surface area contributed by atoms with Crippen LogP contribution in [0.2, 0.25) is 0 Å². The number of carboxylic acid groups (broad SMARTS) is 1. The quantitative estimate of drug-likeness (QED) is 0.849. The first-order valence-electron chi connectivity index (χ1n) is 6.40. The molecule has 0 saturated carbocycles. The first kappa shape index (κ1) is 14.1. The number of hydrogen-bond donors (Lipinski definition) is 1. The summed E-state index contributed by atoms with van der Waals surface area (Å²) in [6.07, 6.45) is 2.70. The van der Waals surface area contributed by atoms with Gasteiger partial charge in [0, 0.05) is 31.7 Å². The Balaban J connectivity index is 2.23. The van der Waals surface area contributed by atoms with Crippen molar-refractivity contribution >= 4 is 18.0 Å². The fourth-order valence-corrected chi connectivity index (χ4v) is 2.12. The van der Waals surface area contributed by atoms with Crippen LogP contribution in [0.4, 0.5) is 0 Å². The number of aryl methyl sites for hydroxylation is 1. The molecule has 1 saturated heterocycles. The Morgan fingerprint density at radius 2 is 2.25 bits per heavy atom. The van der Waals surface area contributed by atoms with Gasteiger partial charge in [-0.3, -0.25) is 4.79 Å². The highest BCUT2D eigenvalue weighted by atomic mass is 16.5. The second-order valence-corrected chi connectivity index (χ2v) is 4.87. The molecule has 1 fully saturated rings. The largest absolute Gasteiger partial charge is 0.480 e. The van der Waals surface area contributed by atoms with E-state index in [1.807, 2.05) is 19.1 Å². The van der Waals surface area contributed by atoms with E-state index in [0.717, 1.165) is 11.6 Å². The second kappa shape index (κ2) is 5.77. The smallest absolute Gasteiger partial charge is 0.328 e. The number of benzene rings is 1. The molecule has 5 heteroatoms. The van der Waals surface area contributed by atoms with Crippen LogP contribution in [0.25, 0.3) is 6.08 Å². The maximum Gasteiger partial charge on any atom is 0.328 e. The highest BCUT2D eigenvalue weighted by Gasteiger charge is 2.31. The van der Waals surface area contributed by atoms with Crippen LogP contribution in [-0.2, 0) is 9.59 Å². The van der Waals surface area contributed by atoms with Gasteiger partial charge in [-0.15, -0.1) is 0 Å². The maximum atomic E-state index is 11.8. The van der Waals surface area contributed by atoms with Crippen LogP contribution in [0.1, 0.15) is 17.5 Å². The maximum absolute atomic E-state index is 11.8. The van der Waals surface area contributed by atoms with Crippen LogP contribution >= 0.6 is 0 Å². The summed E-state index contributed by atoms with van der Waals surface area (Å²) in [5.74, 6) is -0.533. The van der Waals surface area contributed by atoms with Gasteiger partial charge in [-0.05, 0) is 25.1 Å². The third-order valence-corrected chi connectivity index (χ3v) is 3.22. The van der Waals surface area contributed by atoms with Gasteiger partial charge in [-0.25, -0.2) is 4.79 Å². The first-order valence-corrected chi connectivity index (χ1v) is 6.40. The summed E-state index contributed by atoms with van der Waals surface area (Å²) < 4.78 is 5.74. The van der Waals surface area contributed by atoms with Crippen molar-refractivity contribution in [3.8, 4) is 5.75 Å². The van der Waals surface area contributed by atoms with Crippen molar-refractivity contribution in [1.82, 2.24) is 4.90 Å². The Morgan fingerprint density at radius 1 is 1.50 bits per heavy atom. The van der Waals surface area contributed by atoms with E-state index in [2.05, 4.69) is 0 Å². The number of carboxylic acids is 1. The highest BCUT2D eigenvalue weighted by Crippen LogP contribution is 2.25. The van der Waals surface area contributed by atoms with Crippen LogP contribution in [-0.4, -0.2) is 41.6 Å². The van der Waals surface area contributed by atoms with Crippen LogP contribution in [0.3, 0.4) is 0 Å². The van der Waals surface area contributed by atoms with E-state index in [1.54, 1.807) is 18.0 Å². The van der Waals surface area contributed by atoms with Crippen molar-refractivity contribution < 1.29 is 19.4 Å². The molecule has 20 heavy (non-hydrogen) atoms. The molecule has 0 bridgehead atoms. The molecule has 0 aliphatic carbocycles. The standard InChI is InChI=1S/C15H17NO4/c1-10-3-5-12(11(9-10)4-6-14(17)18)20-13-7-8-16(2)15(13)19/h3-6,9,13H,7-8H2,1-2H3,(H,17,18). The Kier molecular flexibility index (Phi) is 4.08. The molecule has 0 spiro atoms. The van der Waals surface area contributed by atoms with E-state index in [-0.39, 0.29) is 5.91 Å². The number of rotatable bonds is 4. The predicted octanol–water partition coefficient (Wildman–Crippen LogP) is 1.70. The molecular weight excluding hydrogens is 258 g/mol. The number of likely N-dealkylation sites (N-methyl/N-ethyl adjacent to an activating group) is 1. The van der Waals surface area contributed by atoms with E-state index >= 15 is 0 Å². The molecule has 106 valence electrons. The average molecular weight is 275 g/mol. The van der Waals surface area contributed by atoms with Gasteiger partial charge in [0.25, 0.3) is 5.91 Å². The van der Waals surface area contributed by atoms with E-state index in [9.17, 15) is 9.59 Å². The lowest BCUT2D eigenvalue weighted by Gasteiger charge is -2.15. The summed E-state index contributed by atoms with van der Waals surface area (Å²) in [4.78, 5) is 24.1. The Morgan fingerprint density at radius 3 is 2.85 bits per heavy atom. The first-order chi connectivity index (χ1) is 9.47. The Labute approximate surface area is 117 Å². The number of aliphatic carboxylic acids is 1. The number of likely N-dealkylation sites (tertiary alicyclic amines) is 1. The van der Waals surface area contributed by atoms with Gasteiger partial charge in [0.1, 0.15) is 5.75 Å². The zero-order valence-corrected chi connectivity index (χ0v) is 11.5. The number of carbonyl (C=O) groups is 2. The predicted molar refractivity (Wildman–Crippen MR) is 74.5 cm³/mol. The summed E-state index contributed by atoms with van der Waals surface area (Å²) in [7, 11) is 1.74. The van der Waals surface area contributed by atoms with Crippen LogP contribution in [0.5, 0.6) is 5.75 Å². The molecule has 0 aromatic heterocycles. The topological polar surface area (TPSA) is 66.8 Å². The van der Waals surface area contributed by atoms with Gasteiger partial charge in [0.2, 0.25) is 0 Å². The van der Waals surface area contributed by atoms with Crippen molar-refractivity contribution in [3.63, 3.8) is 0 Å². The minimum atomic E-state index is -1.02. The van der Waals surface area contributed by atoms with Crippen molar-refractivity contribution in [2.45, 2.75) is 19.4 Å². The molecule has 1 aliphatic rings. The molecule has 1 atom stereocenters. The third kappa shape index (κ3) is 3.17. The molecule has 1 aliphatic heterocycles. The van der Waals surface area contributed by atoms with Crippen LogP contribution < -0.4 is 4.74 Å². The summed E-state index contributed by atoms with van der Waals surface area (Å²) >= 11 is 0. The molecule has 5 nitrogen and oxygen atoms in total. The number of amides is 1. The molecule has 1 N–H and O–H groups in total. The van der Waals surface area contributed by atoms with Crippen molar-refractivity contribution in [3.05, 3.63) is 35.4 Å². The van der Waals surface area contributed by atoms with Gasteiger partial charge < -0.3 is 14.7 Å². The highest BCUT2D eigenvalue weighted by molar-refractivity contribution is 5.86. The second-order valence-electron chi connectivity index (χ2n) is 4.87. The zero-order valence-electron chi connectivity index (χ0n) is 11.5. The number of ether oxygens (including phenoxy) is 1. The van der Waals surface area contributed by atoms with Gasteiger partial charge in [-0.1, -0.05) is 11.6 Å². The SMILES string of the molecule is Cc1ccc(OC2CCN(C)C2=O)c(C=CC(=O)O)c1. The van der Waals surface area contributed by atoms with Crippen molar-refractivity contribution in [1.29, 1.82) is 0 Å². The number of carbonyl (C=O) groups excluding carboxylic acids is 1. The minimum Gasteiger partial charge on any atom is -0.480 e. The van der Waals surface area contributed by atoms with Crippen molar-refractivity contribution in [2.75, 3.05) is 13.6 Å². The van der Waals surface area contributed by atoms with Gasteiger partial charge in [0.05, 0.1) is 0 Å². The van der Waals surface area contributed by atoms with E-state index in [1.165, 1.54) is 6.08 Å². The van der Waals surface area contributed by atoms with Crippen molar-refractivity contribution in [2.24, 2.45) is 0 Å². The molecule has 1 amide bonds. The lowest BCUT2D eigenvalue weighted by atomic mass is 10.1. The van der Waals surface area contributed by atoms with Gasteiger partial charge in [0.15, 0.2) is 6.10 Å². The molecule has 0 radical (unpaired) electrons. The van der Waals surface area contributed by atoms with Gasteiger partial charge >= 0.3 is 5.97 Å². The summed E-state index contributed by atoms with van der Waals surface area (Å²) in [6, 6.07) is 5.47. The lowest BCUT2D eigenvalue weighted by molar-refractivity contribution is -0.132. The third-order valence-electron chi connectivity index (χ3n) is 3.22. The molecule has 2 rings (SSSR count). The van der Waals surface area contributed by atoms with E-state index in [4.69, 9.17) is 9.84 Å². The number of nitrogens with zero attached hydrogens (tertiary/aromatic N) is 1. The summed E-state index contributed by atoms with van der Waals surface area (Å²) in [6.45, 7) is 2.59. The monoisotopic (exact) mass is 275 g/mol. The van der Waals surface area contributed by atoms with E-state index < -0.39 is 12.1 Å². The zero-order chi connectivity index (χ0) is 14.7. The summed E-state index contributed by atoms with van der Waals surface area (Å²) in [5.41, 5.74) is 1.66. The Bertz CT molecular complexity index is 565. The molecule has 1 heterocycles. The fourth-order valence-electron chi connectivity index (χ4n) is 2.12. The molecule has 1 aromatic carbocycles. The molecular formula is C15H17NO4. The van der Waals surface area contributed by atoms with Crippen LogP contribution in [0.15, 0.2) is 24.3 Å².